The van der Waals surface area contributed by atoms with Crippen molar-refractivity contribution in [3.8, 4) is 0 Å². The van der Waals surface area contributed by atoms with Gasteiger partial charge in [0, 0.05) is 5.56 Å². The third-order valence-corrected chi connectivity index (χ3v) is 4.94. The number of quaternary nitrogens is 1. The van der Waals surface area contributed by atoms with Gasteiger partial charge < -0.3 is 4.90 Å². The normalized spacial score (nSPS) is 19.6. The van der Waals surface area contributed by atoms with Gasteiger partial charge in [-0.15, -0.1) is 0 Å². The number of fused-ring (bicyclic) bond motifs is 1. The number of benzene rings is 1. The molecular formula is C18H26NO+. The highest BCUT2D eigenvalue weighted by atomic mass is 16.1. The molecule has 1 fully saturated rings. The van der Waals surface area contributed by atoms with Gasteiger partial charge in [-0.1, -0.05) is 12.1 Å². The van der Waals surface area contributed by atoms with Crippen LogP contribution in [0.1, 0.15) is 60.0 Å². The van der Waals surface area contributed by atoms with Crippen molar-refractivity contribution in [3.05, 3.63) is 34.9 Å². The fraction of sp³-hybridized carbons (Fsp3) is 0.611. The van der Waals surface area contributed by atoms with Gasteiger partial charge in [-0.05, 0) is 62.1 Å². The minimum absolute atomic E-state index is 0.344. The summed E-state index contributed by atoms with van der Waals surface area (Å²) in [5.74, 6) is 0.344. The minimum atomic E-state index is 0.344. The standard InChI is InChI=1S/C18H25NO/c20-18(10-13-19-11-4-1-5-12-19)17-9-8-15-6-2-3-7-16(15)14-17/h8-9,14H,1-7,10-13H2/p+1. The van der Waals surface area contributed by atoms with Crippen molar-refractivity contribution in [3.63, 3.8) is 0 Å². The average Bonchev–Trinajstić information content (AvgIpc) is 2.53. The smallest absolute Gasteiger partial charge is 0.168 e. The van der Waals surface area contributed by atoms with Gasteiger partial charge in [-0.2, -0.15) is 0 Å². The molecule has 1 aromatic carbocycles. The summed E-state index contributed by atoms with van der Waals surface area (Å²) in [4.78, 5) is 14.0. The third-order valence-electron chi connectivity index (χ3n) is 4.94. The molecule has 1 aliphatic heterocycles. The number of piperidine rings is 1. The number of rotatable bonds is 4. The number of nitrogens with one attached hydrogen (secondary N) is 1. The topological polar surface area (TPSA) is 21.5 Å². The van der Waals surface area contributed by atoms with E-state index in [1.54, 1.807) is 4.90 Å². The van der Waals surface area contributed by atoms with Crippen molar-refractivity contribution >= 4 is 5.78 Å². The quantitative estimate of drug-likeness (QED) is 0.834. The molecule has 1 saturated heterocycles. The lowest BCUT2D eigenvalue weighted by Gasteiger charge is -2.23. The first-order valence-electron chi connectivity index (χ1n) is 8.31. The fourth-order valence-electron chi connectivity index (χ4n) is 3.64. The predicted octanol–water partition coefficient (Wildman–Crippen LogP) is 2.21. The molecule has 1 aromatic rings. The molecule has 1 N–H and O–H groups in total. The zero-order chi connectivity index (χ0) is 13.8. The Bertz CT molecular complexity index is 474. The first-order valence-corrected chi connectivity index (χ1v) is 8.31. The maximum absolute atomic E-state index is 12.4. The molecule has 3 rings (SSSR count). The van der Waals surface area contributed by atoms with Crippen LogP contribution >= 0.6 is 0 Å². The average molecular weight is 272 g/mol. The van der Waals surface area contributed by atoms with Crippen LogP contribution in [0.3, 0.4) is 0 Å². The molecule has 1 heterocycles. The second-order valence-electron chi connectivity index (χ2n) is 6.42. The van der Waals surface area contributed by atoms with Gasteiger partial charge in [0.1, 0.15) is 0 Å². The van der Waals surface area contributed by atoms with E-state index in [2.05, 4.69) is 18.2 Å². The van der Waals surface area contributed by atoms with Crippen LogP contribution in [0, 0.1) is 0 Å². The van der Waals surface area contributed by atoms with Crippen LogP contribution in [-0.4, -0.2) is 25.4 Å². The maximum atomic E-state index is 12.4. The minimum Gasteiger partial charge on any atom is -0.335 e. The van der Waals surface area contributed by atoms with Gasteiger partial charge >= 0.3 is 0 Å². The predicted molar refractivity (Wildman–Crippen MR) is 81.4 cm³/mol. The second-order valence-corrected chi connectivity index (χ2v) is 6.42. The highest BCUT2D eigenvalue weighted by molar-refractivity contribution is 5.96. The van der Waals surface area contributed by atoms with E-state index < -0.39 is 0 Å². The molecule has 2 aliphatic rings. The second kappa shape index (κ2) is 6.53. The fourth-order valence-corrected chi connectivity index (χ4v) is 3.64. The summed E-state index contributed by atoms with van der Waals surface area (Å²) < 4.78 is 0. The van der Waals surface area contributed by atoms with Crippen LogP contribution in [0.2, 0.25) is 0 Å². The van der Waals surface area contributed by atoms with Crippen molar-refractivity contribution in [2.24, 2.45) is 0 Å². The Morgan fingerprint density at radius 3 is 2.50 bits per heavy atom. The number of likely N-dealkylation sites (tertiary alicyclic amines) is 1. The molecule has 1 aliphatic carbocycles. The molecule has 0 radical (unpaired) electrons. The summed E-state index contributed by atoms with van der Waals surface area (Å²) >= 11 is 0. The van der Waals surface area contributed by atoms with Crippen molar-refractivity contribution in [2.75, 3.05) is 19.6 Å². The van der Waals surface area contributed by atoms with Gasteiger partial charge in [-0.3, -0.25) is 4.79 Å². The summed E-state index contributed by atoms with van der Waals surface area (Å²) in [7, 11) is 0. The van der Waals surface area contributed by atoms with Crippen LogP contribution in [-0.2, 0) is 12.8 Å². The van der Waals surface area contributed by atoms with E-state index in [1.807, 2.05) is 0 Å². The molecule has 0 aromatic heterocycles. The molecule has 0 spiro atoms. The van der Waals surface area contributed by atoms with Crippen LogP contribution < -0.4 is 4.90 Å². The zero-order valence-corrected chi connectivity index (χ0v) is 12.4. The van der Waals surface area contributed by atoms with Crippen LogP contribution in [0.15, 0.2) is 18.2 Å². The summed E-state index contributed by atoms with van der Waals surface area (Å²) in [6.07, 6.45) is 9.71. The van der Waals surface area contributed by atoms with Crippen molar-refractivity contribution in [2.45, 2.75) is 51.4 Å². The molecular weight excluding hydrogens is 246 g/mol. The van der Waals surface area contributed by atoms with E-state index in [4.69, 9.17) is 0 Å². The SMILES string of the molecule is O=C(CC[NH+]1CCCCC1)c1ccc2c(c1)CCCC2. The largest absolute Gasteiger partial charge is 0.335 e. The molecule has 0 unspecified atom stereocenters. The lowest BCUT2D eigenvalue weighted by Crippen LogP contribution is -3.12. The lowest BCUT2D eigenvalue weighted by atomic mass is 9.89. The molecule has 0 bridgehead atoms. The van der Waals surface area contributed by atoms with E-state index in [0.29, 0.717) is 12.2 Å². The third kappa shape index (κ3) is 3.29. The van der Waals surface area contributed by atoms with E-state index >= 15 is 0 Å². The number of hydrogen-bond acceptors (Lipinski definition) is 1. The Morgan fingerprint density at radius 1 is 0.950 bits per heavy atom. The summed E-state index contributed by atoms with van der Waals surface area (Å²) in [6.45, 7) is 3.55. The Kier molecular flexibility index (Phi) is 4.51. The summed E-state index contributed by atoms with van der Waals surface area (Å²) in [5, 5.41) is 0. The van der Waals surface area contributed by atoms with E-state index in [-0.39, 0.29) is 0 Å². The van der Waals surface area contributed by atoms with Crippen LogP contribution in [0.4, 0.5) is 0 Å². The lowest BCUT2D eigenvalue weighted by molar-refractivity contribution is -0.904. The van der Waals surface area contributed by atoms with Crippen LogP contribution in [0.25, 0.3) is 0 Å². The number of carbonyl (C=O) groups excluding carboxylic acids is 1. The van der Waals surface area contributed by atoms with E-state index in [1.165, 1.54) is 62.7 Å². The van der Waals surface area contributed by atoms with E-state index in [9.17, 15) is 4.79 Å². The maximum Gasteiger partial charge on any atom is 0.168 e. The number of hydrogen-bond donors (Lipinski definition) is 1. The first-order chi connectivity index (χ1) is 9.83. The van der Waals surface area contributed by atoms with Crippen LogP contribution in [0.5, 0.6) is 0 Å². The Hall–Kier alpha value is -1.15. The summed E-state index contributed by atoms with van der Waals surface area (Å²) in [6, 6.07) is 6.41. The first kappa shape index (κ1) is 13.8. The Balaban J connectivity index is 1.59. The van der Waals surface area contributed by atoms with E-state index in [0.717, 1.165) is 18.5 Å². The van der Waals surface area contributed by atoms with Gasteiger partial charge in [-0.25, -0.2) is 0 Å². The van der Waals surface area contributed by atoms with Gasteiger partial charge in [0.15, 0.2) is 5.78 Å². The summed E-state index contributed by atoms with van der Waals surface area (Å²) in [5.41, 5.74) is 3.84. The monoisotopic (exact) mass is 272 g/mol. The van der Waals surface area contributed by atoms with Gasteiger partial charge in [0.05, 0.1) is 26.1 Å². The molecule has 0 amide bonds. The van der Waals surface area contributed by atoms with Crippen molar-refractivity contribution in [1.29, 1.82) is 0 Å². The Labute approximate surface area is 122 Å². The van der Waals surface area contributed by atoms with Gasteiger partial charge in [0.25, 0.3) is 0 Å². The molecule has 0 saturated carbocycles. The van der Waals surface area contributed by atoms with Crippen molar-refractivity contribution in [1.82, 2.24) is 0 Å². The van der Waals surface area contributed by atoms with Gasteiger partial charge in [0.2, 0.25) is 0 Å². The zero-order valence-electron chi connectivity index (χ0n) is 12.4. The highest BCUT2D eigenvalue weighted by Gasteiger charge is 2.17. The highest BCUT2D eigenvalue weighted by Crippen LogP contribution is 2.22. The number of ketones is 1. The van der Waals surface area contributed by atoms with Crippen molar-refractivity contribution < 1.29 is 9.69 Å². The number of Topliss-reactive ketones (excluding diaryl/α,β-unsaturated/α-hetero) is 1. The molecule has 2 nitrogen and oxygen atoms in total. The Morgan fingerprint density at radius 2 is 1.70 bits per heavy atom. The number of carbonyl (C=O) groups is 1. The number of aryl methyl sites for hydroxylation is 2. The molecule has 0 atom stereocenters. The molecule has 2 heteroatoms. The molecule has 108 valence electrons. The molecule has 20 heavy (non-hydrogen) atoms.